The number of nitrogens with one attached hydrogen (secondary N) is 1. The predicted octanol–water partition coefficient (Wildman–Crippen LogP) is 3.34. The number of amides is 1. The van der Waals surface area contributed by atoms with Crippen LogP contribution in [0.3, 0.4) is 0 Å². The van der Waals surface area contributed by atoms with Gasteiger partial charge in [0, 0.05) is 12.6 Å². The lowest BCUT2D eigenvalue weighted by molar-refractivity contribution is -0.116. The number of carbonyl (C=O) groups is 1. The van der Waals surface area contributed by atoms with Crippen LogP contribution in [0.2, 0.25) is 0 Å². The zero-order valence-corrected chi connectivity index (χ0v) is 11.4. The summed E-state index contributed by atoms with van der Waals surface area (Å²) in [7, 11) is 0. The minimum Gasteiger partial charge on any atom is -0.352 e. The molecule has 0 aliphatic heterocycles. The maximum Gasteiger partial charge on any atom is 0.244 e. The van der Waals surface area contributed by atoms with Gasteiger partial charge in [0.15, 0.2) is 0 Å². The van der Waals surface area contributed by atoms with E-state index in [9.17, 15) is 13.6 Å². The molecule has 1 amide bonds. The summed E-state index contributed by atoms with van der Waals surface area (Å²) in [6, 6.07) is 12.1. The third-order valence-corrected chi connectivity index (χ3v) is 2.90. The first-order valence-corrected chi connectivity index (χ1v) is 6.59. The summed E-state index contributed by atoms with van der Waals surface area (Å²) in [6.45, 7) is 0.427. The summed E-state index contributed by atoms with van der Waals surface area (Å²) in [5, 5.41) is 2.71. The Morgan fingerprint density at radius 1 is 1.05 bits per heavy atom. The highest BCUT2D eigenvalue weighted by atomic mass is 19.1. The van der Waals surface area contributed by atoms with Crippen molar-refractivity contribution >= 4 is 12.0 Å². The fraction of sp³-hybridized carbons (Fsp3) is 0.118. The van der Waals surface area contributed by atoms with Crippen LogP contribution >= 0.6 is 0 Å². The van der Waals surface area contributed by atoms with E-state index in [-0.39, 0.29) is 17.5 Å². The lowest BCUT2D eigenvalue weighted by atomic mass is 10.1. The largest absolute Gasteiger partial charge is 0.352 e. The van der Waals surface area contributed by atoms with E-state index in [2.05, 4.69) is 5.32 Å². The zero-order valence-electron chi connectivity index (χ0n) is 11.4. The molecule has 0 aliphatic rings. The van der Waals surface area contributed by atoms with Gasteiger partial charge in [0.1, 0.15) is 11.6 Å². The van der Waals surface area contributed by atoms with Gasteiger partial charge in [0.2, 0.25) is 5.91 Å². The quantitative estimate of drug-likeness (QED) is 0.840. The second kappa shape index (κ2) is 7.33. The highest BCUT2D eigenvalue weighted by Gasteiger charge is 1.98. The van der Waals surface area contributed by atoms with E-state index in [0.29, 0.717) is 13.0 Å². The van der Waals surface area contributed by atoms with Gasteiger partial charge in [-0.1, -0.05) is 24.3 Å². The topological polar surface area (TPSA) is 29.1 Å². The summed E-state index contributed by atoms with van der Waals surface area (Å²) < 4.78 is 25.7. The normalized spacial score (nSPS) is 10.8. The third kappa shape index (κ3) is 5.18. The van der Waals surface area contributed by atoms with Crippen molar-refractivity contribution in [3.63, 3.8) is 0 Å². The van der Waals surface area contributed by atoms with Crippen molar-refractivity contribution in [1.29, 1.82) is 0 Å². The molecule has 0 bridgehead atoms. The predicted molar refractivity (Wildman–Crippen MR) is 78.5 cm³/mol. The molecule has 0 saturated carbocycles. The van der Waals surface area contributed by atoms with Crippen molar-refractivity contribution in [1.82, 2.24) is 5.32 Å². The Bertz CT molecular complexity index is 635. The van der Waals surface area contributed by atoms with Gasteiger partial charge in [0.25, 0.3) is 0 Å². The molecule has 0 heterocycles. The van der Waals surface area contributed by atoms with Crippen LogP contribution in [0.4, 0.5) is 8.78 Å². The average molecular weight is 287 g/mol. The summed E-state index contributed by atoms with van der Waals surface area (Å²) in [5.41, 5.74) is 1.58. The molecule has 0 aliphatic carbocycles. The fourth-order valence-electron chi connectivity index (χ4n) is 1.83. The van der Waals surface area contributed by atoms with Gasteiger partial charge in [-0.25, -0.2) is 8.78 Å². The van der Waals surface area contributed by atoms with Crippen LogP contribution in [-0.2, 0) is 11.2 Å². The van der Waals surface area contributed by atoms with Gasteiger partial charge in [-0.3, -0.25) is 4.79 Å². The van der Waals surface area contributed by atoms with E-state index in [0.717, 1.165) is 11.1 Å². The molecule has 4 heteroatoms. The molecule has 2 rings (SSSR count). The zero-order chi connectivity index (χ0) is 15.1. The van der Waals surface area contributed by atoms with Gasteiger partial charge < -0.3 is 5.32 Å². The van der Waals surface area contributed by atoms with Crippen LogP contribution in [0.15, 0.2) is 54.6 Å². The van der Waals surface area contributed by atoms with Gasteiger partial charge in [-0.05, 0) is 47.9 Å². The number of benzene rings is 2. The molecule has 2 aromatic carbocycles. The van der Waals surface area contributed by atoms with E-state index in [1.807, 2.05) is 6.07 Å². The first kappa shape index (κ1) is 14.9. The molecule has 0 unspecified atom stereocenters. The van der Waals surface area contributed by atoms with Crippen LogP contribution in [0.5, 0.6) is 0 Å². The van der Waals surface area contributed by atoms with Crippen molar-refractivity contribution < 1.29 is 13.6 Å². The Morgan fingerprint density at radius 2 is 1.81 bits per heavy atom. The Labute approximate surface area is 122 Å². The average Bonchev–Trinajstić information content (AvgIpc) is 2.47. The van der Waals surface area contributed by atoms with E-state index < -0.39 is 0 Å². The molecule has 0 spiro atoms. The molecule has 0 atom stereocenters. The molecule has 0 radical (unpaired) electrons. The second-order valence-electron chi connectivity index (χ2n) is 4.56. The van der Waals surface area contributed by atoms with E-state index in [1.165, 1.54) is 30.3 Å². The van der Waals surface area contributed by atoms with Gasteiger partial charge >= 0.3 is 0 Å². The highest BCUT2D eigenvalue weighted by molar-refractivity contribution is 5.91. The van der Waals surface area contributed by atoms with Crippen LogP contribution in [0.25, 0.3) is 6.08 Å². The van der Waals surface area contributed by atoms with E-state index >= 15 is 0 Å². The van der Waals surface area contributed by atoms with Gasteiger partial charge in [-0.2, -0.15) is 0 Å². The Balaban J connectivity index is 1.78. The van der Waals surface area contributed by atoms with Crippen molar-refractivity contribution in [2.75, 3.05) is 6.54 Å². The smallest absolute Gasteiger partial charge is 0.244 e. The number of rotatable bonds is 5. The molecule has 0 aromatic heterocycles. The SMILES string of the molecule is O=C(/C=C/c1ccc(F)cc1)NCCc1cccc(F)c1. The van der Waals surface area contributed by atoms with Crippen LogP contribution in [-0.4, -0.2) is 12.5 Å². The Hall–Kier alpha value is -2.49. The lowest BCUT2D eigenvalue weighted by Gasteiger charge is -2.03. The summed E-state index contributed by atoms with van der Waals surface area (Å²) in [6.07, 6.45) is 3.56. The lowest BCUT2D eigenvalue weighted by Crippen LogP contribution is -2.23. The molecule has 2 nitrogen and oxygen atoms in total. The molecule has 21 heavy (non-hydrogen) atoms. The van der Waals surface area contributed by atoms with Crippen molar-refractivity contribution in [3.05, 3.63) is 77.4 Å². The third-order valence-electron chi connectivity index (χ3n) is 2.90. The van der Waals surface area contributed by atoms with E-state index in [4.69, 9.17) is 0 Å². The van der Waals surface area contributed by atoms with Crippen molar-refractivity contribution in [2.45, 2.75) is 6.42 Å². The molecule has 108 valence electrons. The molecule has 0 saturated heterocycles. The van der Waals surface area contributed by atoms with Gasteiger partial charge in [-0.15, -0.1) is 0 Å². The van der Waals surface area contributed by atoms with Crippen LogP contribution in [0, 0.1) is 11.6 Å². The monoisotopic (exact) mass is 287 g/mol. The van der Waals surface area contributed by atoms with Crippen molar-refractivity contribution in [2.24, 2.45) is 0 Å². The summed E-state index contributed by atoms with van der Waals surface area (Å²) in [5.74, 6) is -0.836. The van der Waals surface area contributed by atoms with Gasteiger partial charge in [0.05, 0.1) is 0 Å². The minimum atomic E-state index is -0.313. The molecule has 1 N–H and O–H groups in total. The maximum atomic E-state index is 13.0. The second-order valence-corrected chi connectivity index (χ2v) is 4.56. The summed E-state index contributed by atoms with van der Waals surface area (Å²) >= 11 is 0. The Morgan fingerprint density at radius 3 is 2.52 bits per heavy atom. The number of carbonyl (C=O) groups excluding carboxylic acids is 1. The molecule has 2 aromatic rings. The number of hydrogen-bond donors (Lipinski definition) is 1. The van der Waals surface area contributed by atoms with Crippen molar-refractivity contribution in [3.8, 4) is 0 Å². The summed E-state index contributed by atoms with van der Waals surface area (Å²) in [4.78, 5) is 11.6. The van der Waals surface area contributed by atoms with Crippen LogP contribution < -0.4 is 5.32 Å². The Kier molecular flexibility index (Phi) is 5.21. The first-order valence-electron chi connectivity index (χ1n) is 6.59. The maximum absolute atomic E-state index is 13.0. The fourth-order valence-corrected chi connectivity index (χ4v) is 1.83. The number of halogens is 2. The molecular formula is C17H15F2NO. The number of hydrogen-bond acceptors (Lipinski definition) is 1. The molecular weight excluding hydrogens is 272 g/mol. The standard InChI is InChI=1S/C17H15F2NO/c18-15-7-4-13(5-8-15)6-9-17(21)20-11-10-14-2-1-3-16(19)12-14/h1-9,12H,10-11H2,(H,20,21)/b9-6+. The first-order chi connectivity index (χ1) is 10.1. The highest BCUT2D eigenvalue weighted by Crippen LogP contribution is 2.05. The van der Waals surface area contributed by atoms with E-state index in [1.54, 1.807) is 24.3 Å². The van der Waals surface area contributed by atoms with Crippen LogP contribution in [0.1, 0.15) is 11.1 Å². The minimum absolute atomic E-state index is 0.240. The molecule has 0 fully saturated rings.